The van der Waals surface area contributed by atoms with Crippen molar-refractivity contribution in [2.45, 2.75) is 66.7 Å². The van der Waals surface area contributed by atoms with Crippen molar-refractivity contribution >= 4 is 23.5 Å². The number of hydrogen-bond acceptors (Lipinski definition) is 5. The van der Waals surface area contributed by atoms with Crippen LogP contribution in [0.3, 0.4) is 0 Å². The number of aromatic nitrogens is 2. The highest BCUT2D eigenvalue weighted by molar-refractivity contribution is 6.18. The Morgan fingerprint density at radius 3 is 2.34 bits per heavy atom. The molecule has 0 spiro atoms. The van der Waals surface area contributed by atoms with Gasteiger partial charge in [-0.3, -0.25) is 9.67 Å². The van der Waals surface area contributed by atoms with Crippen molar-refractivity contribution in [1.82, 2.24) is 9.78 Å². The number of hydrogen-bond donors (Lipinski definition) is 0. The quantitative estimate of drug-likeness (QED) is 0.242. The largest absolute Gasteiger partial charge is 0.452 e. The SMILES string of the molecule is CCn1nc(C)c(C)c1/C(OC(C)OC(=O)CF)=C(\C=N/C)c1ccc(C(C)(C)C)cc1. The minimum absolute atomic E-state index is 0.0181. The molecule has 0 aliphatic rings. The first kappa shape index (κ1) is 25.3. The third-order valence-electron chi connectivity index (χ3n) is 5.20. The molecule has 0 aliphatic heterocycles. The summed E-state index contributed by atoms with van der Waals surface area (Å²) >= 11 is 0. The number of ether oxygens (including phenoxy) is 2. The van der Waals surface area contributed by atoms with Crippen molar-refractivity contribution in [2.24, 2.45) is 4.99 Å². The molecule has 0 saturated carbocycles. The lowest BCUT2D eigenvalue weighted by Crippen LogP contribution is -2.20. The van der Waals surface area contributed by atoms with Crippen molar-refractivity contribution in [3.05, 3.63) is 52.3 Å². The van der Waals surface area contributed by atoms with Gasteiger partial charge in [-0.05, 0) is 37.3 Å². The monoisotopic (exact) mass is 443 g/mol. The second kappa shape index (κ2) is 10.6. The van der Waals surface area contributed by atoms with Crippen LogP contribution in [0.15, 0.2) is 29.3 Å². The normalized spacial score (nSPS) is 13.8. The zero-order chi connectivity index (χ0) is 24.1. The Hall–Kier alpha value is -2.96. The van der Waals surface area contributed by atoms with E-state index in [2.05, 4.69) is 43.0 Å². The van der Waals surface area contributed by atoms with Crippen molar-refractivity contribution in [3.63, 3.8) is 0 Å². The maximum atomic E-state index is 12.7. The molecule has 1 unspecified atom stereocenters. The molecule has 0 aliphatic carbocycles. The van der Waals surface area contributed by atoms with E-state index in [-0.39, 0.29) is 5.41 Å². The topological polar surface area (TPSA) is 65.7 Å². The van der Waals surface area contributed by atoms with E-state index in [1.54, 1.807) is 20.2 Å². The van der Waals surface area contributed by atoms with Gasteiger partial charge in [0.05, 0.1) is 5.69 Å². The minimum Gasteiger partial charge on any atom is -0.452 e. The Kier molecular flexibility index (Phi) is 8.36. The number of aryl methyl sites for hydroxylation is 2. The van der Waals surface area contributed by atoms with Gasteiger partial charge in [0.15, 0.2) is 12.4 Å². The third-order valence-corrected chi connectivity index (χ3v) is 5.20. The smallest absolute Gasteiger partial charge is 0.340 e. The van der Waals surface area contributed by atoms with E-state index >= 15 is 0 Å². The Labute approximate surface area is 190 Å². The van der Waals surface area contributed by atoms with Crippen LogP contribution in [-0.4, -0.2) is 42.0 Å². The second-order valence-corrected chi connectivity index (χ2v) is 8.64. The second-order valence-electron chi connectivity index (χ2n) is 8.64. The summed E-state index contributed by atoms with van der Waals surface area (Å²) in [6.45, 7) is 13.3. The number of nitrogens with zero attached hydrogens (tertiary/aromatic N) is 3. The molecule has 0 bridgehead atoms. The first-order chi connectivity index (χ1) is 15.0. The highest BCUT2D eigenvalue weighted by Gasteiger charge is 2.24. The number of aliphatic imine (C=N–C) groups is 1. The summed E-state index contributed by atoms with van der Waals surface area (Å²) in [5.74, 6) is -0.507. The van der Waals surface area contributed by atoms with Gasteiger partial charge >= 0.3 is 5.97 Å². The van der Waals surface area contributed by atoms with Crippen LogP contribution in [0.25, 0.3) is 11.3 Å². The average Bonchev–Trinajstić information content (AvgIpc) is 3.03. The van der Waals surface area contributed by atoms with Crippen LogP contribution in [0.4, 0.5) is 4.39 Å². The number of rotatable bonds is 8. The summed E-state index contributed by atoms with van der Waals surface area (Å²) in [7, 11) is 1.68. The Morgan fingerprint density at radius 1 is 1.22 bits per heavy atom. The van der Waals surface area contributed by atoms with Gasteiger partial charge in [0.1, 0.15) is 5.69 Å². The van der Waals surface area contributed by atoms with E-state index < -0.39 is 18.9 Å². The summed E-state index contributed by atoms with van der Waals surface area (Å²) in [5, 5.41) is 4.61. The minimum atomic E-state index is -1.21. The van der Waals surface area contributed by atoms with Gasteiger partial charge in [-0.15, -0.1) is 0 Å². The fourth-order valence-electron chi connectivity index (χ4n) is 3.38. The predicted molar refractivity (Wildman–Crippen MR) is 126 cm³/mol. The molecular weight excluding hydrogens is 409 g/mol. The number of carbonyl (C=O) groups is 1. The van der Waals surface area contributed by atoms with E-state index in [9.17, 15) is 9.18 Å². The van der Waals surface area contributed by atoms with Crippen molar-refractivity contribution in [1.29, 1.82) is 0 Å². The highest BCUT2D eigenvalue weighted by Crippen LogP contribution is 2.32. The Bertz CT molecular complexity index is 999. The molecule has 1 heterocycles. The molecule has 7 heteroatoms. The molecule has 0 fully saturated rings. The number of benzene rings is 1. The summed E-state index contributed by atoms with van der Waals surface area (Å²) < 4.78 is 25.7. The maximum absolute atomic E-state index is 12.7. The van der Waals surface area contributed by atoms with Crippen LogP contribution in [0, 0.1) is 13.8 Å². The van der Waals surface area contributed by atoms with Crippen LogP contribution < -0.4 is 0 Å². The van der Waals surface area contributed by atoms with Gasteiger partial charge in [-0.25, -0.2) is 9.18 Å². The Balaban J connectivity index is 2.73. The first-order valence-corrected chi connectivity index (χ1v) is 10.8. The van der Waals surface area contributed by atoms with Crippen LogP contribution in [-0.2, 0) is 26.2 Å². The number of esters is 1. The number of halogens is 1. The van der Waals surface area contributed by atoms with Gasteiger partial charge in [0.25, 0.3) is 0 Å². The van der Waals surface area contributed by atoms with E-state index in [1.165, 1.54) is 5.56 Å². The van der Waals surface area contributed by atoms with Gasteiger partial charge in [-0.2, -0.15) is 5.10 Å². The van der Waals surface area contributed by atoms with Gasteiger partial charge in [0, 0.05) is 37.9 Å². The Morgan fingerprint density at radius 2 is 1.84 bits per heavy atom. The van der Waals surface area contributed by atoms with Crippen LogP contribution in [0.5, 0.6) is 0 Å². The molecule has 1 atom stereocenters. The number of allylic oxidation sites excluding steroid dienone is 1. The molecule has 0 N–H and O–H groups in total. The fraction of sp³-hybridized carbons (Fsp3) is 0.480. The molecule has 6 nitrogen and oxygen atoms in total. The maximum Gasteiger partial charge on any atom is 0.340 e. The first-order valence-electron chi connectivity index (χ1n) is 10.8. The lowest BCUT2D eigenvalue weighted by atomic mass is 9.86. The van der Waals surface area contributed by atoms with E-state index in [4.69, 9.17) is 9.47 Å². The fourth-order valence-corrected chi connectivity index (χ4v) is 3.38. The highest BCUT2D eigenvalue weighted by atomic mass is 19.1. The average molecular weight is 444 g/mol. The molecular formula is C25H34FN3O3. The summed E-state index contributed by atoms with van der Waals surface area (Å²) in [5.41, 5.74) is 5.41. The molecule has 0 amide bonds. The van der Waals surface area contributed by atoms with Crippen LogP contribution in [0.2, 0.25) is 0 Å². The van der Waals surface area contributed by atoms with Gasteiger partial charge < -0.3 is 9.47 Å². The van der Waals surface area contributed by atoms with Crippen LogP contribution in [0.1, 0.15) is 62.7 Å². The number of alkyl halides is 1. The zero-order valence-electron chi connectivity index (χ0n) is 20.3. The molecule has 0 radical (unpaired) electrons. The molecule has 174 valence electrons. The standard InChI is InChI=1S/C25H34FN3O3/c1-9-29-23(16(2)17(3)28-29)24(32-18(4)31-22(30)14-26)21(15-27-8)19-10-12-20(13-11-19)25(5,6)7/h10-13,15,18H,9,14H2,1-8H3/b24-21-,27-15-. The summed E-state index contributed by atoms with van der Waals surface area (Å²) in [6.07, 6.45) is 0.717. The van der Waals surface area contributed by atoms with Gasteiger partial charge in [-0.1, -0.05) is 45.0 Å². The molecule has 2 aromatic rings. The van der Waals surface area contributed by atoms with Crippen molar-refractivity contribution in [2.75, 3.05) is 13.7 Å². The molecule has 1 aromatic carbocycles. The lowest BCUT2D eigenvalue weighted by Gasteiger charge is -2.22. The number of carbonyl (C=O) groups excluding carboxylic acids is 1. The zero-order valence-corrected chi connectivity index (χ0v) is 20.3. The van der Waals surface area contributed by atoms with Crippen molar-refractivity contribution < 1.29 is 18.7 Å². The predicted octanol–water partition coefficient (Wildman–Crippen LogP) is 5.26. The van der Waals surface area contributed by atoms with E-state index in [1.807, 2.05) is 37.6 Å². The lowest BCUT2D eigenvalue weighted by molar-refractivity contribution is -0.165. The van der Waals surface area contributed by atoms with Gasteiger partial charge in [0.2, 0.25) is 6.29 Å². The summed E-state index contributed by atoms with van der Waals surface area (Å²) in [4.78, 5) is 15.7. The van der Waals surface area contributed by atoms with Crippen molar-refractivity contribution in [3.8, 4) is 0 Å². The third kappa shape index (κ3) is 5.84. The van der Waals surface area contributed by atoms with E-state index in [0.717, 1.165) is 22.5 Å². The molecule has 32 heavy (non-hydrogen) atoms. The molecule has 0 saturated heterocycles. The van der Waals surface area contributed by atoms with E-state index in [0.29, 0.717) is 17.9 Å². The molecule has 1 aromatic heterocycles. The van der Waals surface area contributed by atoms with Crippen LogP contribution >= 0.6 is 0 Å². The molecule has 2 rings (SSSR count). The summed E-state index contributed by atoms with van der Waals surface area (Å²) in [6, 6.07) is 8.21.